The molecule has 3 aromatic rings. The predicted molar refractivity (Wildman–Crippen MR) is 120 cm³/mol. The molecule has 5 rings (SSSR count). The molecule has 31 heavy (non-hydrogen) atoms. The summed E-state index contributed by atoms with van der Waals surface area (Å²) in [4.78, 5) is 19.3. The van der Waals surface area contributed by atoms with Gasteiger partial charge in [0.1, 0.15) is 5.76 Å². The summed E-state index contributed by atoms with van der Waals surface area (Å²) in [6.07, 6.45) is 7.21. The normalized spacial score (nSPS) is 18.1. The van der Waals surface area contributed by atoms with E-state index in [9.17, 15) is 9.90 Å². The van der Waals surface area contributed by atoms with Crippen LogP contribution < -0.4 is 10.2 Å². The summed E-state index contributed by atoms with van der Waals surface area (Å²) in [5.74, 6) is 1.24. The monoisotopic (exact) mass is 417 g/mol. The lowest BCUT2D eigenvalue weighted by Gasteiger charge is -2.38. The van der Waals surface area contributed by atoms with Crippen molar-refractivity contribution in [1.82, 2.24) is 4.98 Å². The maximum absolute atomic E-state index is 13.0. The zero-order valence-electron chi connectivity index (χ0n) is 17.7. The molecule has 3 heterocycles. The van der Waals surface area contributed by atoms with Crippen LogP contribution >= 0.6 is 0 Å². The Morgan fingerprint density at radius 2 is 1.87 bits per heavy atom. The molecule has 1 aliphatic heterocycles. The first-order valence-electron chi connectivity index (χ1n) is 10.9. The first kappa shape index (κ1) is 19.8. The number of hydrogen-bond donors (Lipinski definition) is 2. The SMILES string of the molecule is CC1(O)CCN(c2ccc(C3CC3)cc2NC(=O)c2ccc(-c3ccncc3)o2)CC1. The highest BCUT2D eigenvalue weighted by Gasteiger charge is 2.30. The molecule has 0 spiro atoms. The van der Waals surface area contributed by atoms with Gasteiger partial charge in [-0.15, -0.1) is 0 Å². The lowest BCUT2D eigenvalue weighted by Crippen LogP contribution is -2.42. The van der Waals surface area contributed by atoms with Crippen molar-refractivity contribution in [3.63, 3.8) is 0 Å². The predicted octanol–water partition coefficient (Wildman–Crippen LogP) is 4.82. The Morgan fingerprint density at radius 1 is 1.13 bits per heavy atom. The number of carbonyl (C=O) groups is 1. The number of aromatic nitrogens is 1. The average molecular weight is 418 g/mol. The molecule has 2 N–H and O–H groups in total. The average Bonchev–Trinajstić information content (AvgIpc) is 3.50. The van der Waals surface area contributed by atoms with Crippen LogP contribution in [0.1, 0.15) is 54.6 Å². The van der Waals surface area contributed by atoms with Gasteiger partial charge in [-0.3, -0.25) is 9.78 Å². The van der Waals surface area contributed by atoms with Gasteiger partial charge in [0.05, 0.1) is 17.0 Å². The molecule has 1 saturated carbocycles. The van der Waals surface area contributed by atoms with Crippen LogP contribution in [0.3, 0.4) is 0 Å². The number of benzene rings is 1. The summed E-state index contributed by atoms with van der Waals surface area (Å²) in [5.41, 5.74) is 3.32. The third-order valence-electron chi connectivity index (χ3n) is 6.29. The number of hydrogen-bond acceptors (Lipinski definition) is 5. The van der Waals surface area contributed by atoms with Crippen LogP contribution in [0, 0.1) is 0 Å². The van der Waals surface area contributed by atoms with Gasteiger partial charge in [-0.05, 0) is 80.5 Å². The van der Waals surface area contributed by atoms with Crippen molar-refractivity contribution >= 4 is 17.3 Å². The number of piperidine rings is 1. The fourth-order valence-corrected chi connectivity index (χ4v) is 4.14. The molecule has 1 saturated heterocycles. The lowest BCUT2D eigenvalue weighted by molar-refractivity contribution is 0.0351. The minimum Gasteiger partial charge on any atom is -0.451 e. The standard InChI is InChI=1S/C25H27N3O3/c1-25(30)10-14-28(15-11-25)21-5-4-19(17-2-3-17)16-20(21)27-24(29)23-7-6-22(31-23)18-8-12-26-13-9-18/h4-9,12-13,16-17,30H,2-3,10-11,14-15H2,1H3,(H,27,29). The van der Waals surface area contributed by atoms with Crippen LogP contribution in [0.25, 0.3) is 11.3 Å². The van der Waals surface area contributed by atoms with E-state index < -0.39 is 5.60 Å². The first-order chi connectivity index (χ1) is 15.0. The molecule has 0 atom stereocenters. The van der Waals surface area contributed by atoms with E-state index in [1.165, 1.54) is 18.4 Å². The quantitative estimate of drug-likeness (QED) is 0.622. The molecule has 2 fully saturated rings. The minimum atomic E-state index is -0.620. The molecule has 0 bridgehead atoms. The maximum Gasteiger partial charge on any atom is 0.291 e. The smallest absolute Gasteiger partial charge is 0.291 e. The fourth-order valence-electron chi connectivity index (χ4n) is 4.14. The van der Waals surface area contributed by atoms with Crippen LogP contribution in [0.5, 0.6) is 0 Å². The summed E-state index contributed by atoms with van der Waals surface area (Å²) >= 11 is 0. The Morgan fingerprint density at radius 3 is 2.58 bits per heavy atom. The highest BCUT2D eigenvalue weighted by atomic mass is 16.3. The van der Waals surface area contributed by atoms with Crippen molar-refractivity contribution in [3.8, 4) is 11.3 Å². The molecule has 1 aromatic carbocycles. The number of nitrogens with one attached hydrogen (secondary N) is 1. The maximum atomic E-state index is 13.0. The van der Waals surface area contributed by atoms with Gasteiger partial charge < -0.3 is 19.7 Å². The Labute approximate surface area is 181 Å². The lowest BCUT2D eigenvalue weighted by atomic mass is 9.93. The molecule has 6 nitrogen and oxygen atoms in total. The number of nitrogens with zero attached hydrogens (tertiary/aromatic N) is 2. The number of amides is 1. The first-order valence-corrected chi connectivity index (χ1v) is 10.9. The van der Waals surface area contributed by atoms with Crippen LogP contribution in [0.4, 0.5) is 11.4 Å². The van der Waals surface area contributed by atoms with Gasteiger partial charge in [-0.2, -0.15) is 0 Å². The van der Waals surface area contributed by atoms with E-state index in [0.29, 0.717) is 24.5 Å². The van der Waals surface area contributed by atoms with Crippen LogP contribution in [-0.2, 0) is 0 Å². The van der Waals surface area contributed by atoms with Crippen LogP contribution in [0.2, 0.25) is 0 Å². The van der Waals surface area contributed by atoms with Crippen molar-refractivity contribution in [1.29, 1.82) is 0 Å². The van der Waals surface area contributed by atoms with Crippen molar-refractivity contribution < 1.29 is 14.3 Å². The van der Waals surface area contributed by atoms with E-state index in [2.05, 4.69) is 33.4 Å². The summed E-state index contributed by atoms with van der Waals surface area (Å²) in [7, 11) is 0. The number of aliphatic hydroxyl groups is 1. The molecule has 1 amide bonds. The van der Waals surface area contributed by atoms with E-state index in [0.717, 1.165) is 30.0 Å². The van der Waals surface area contributed by atoms with Gasteiger partial charge in [-0.25, -0.2) is 0 Å². The Bertz CT molecular complexity index is 1080. The largest absolute Gasteiger partial charge is 0.451 e. The van der Waals surface area contributed by atoms with E-state index in [4.69, 9.17) is 4.42 Å². The molecular weight excluding hydrogens is 390 g/mol. The molecule has 0 radical (unpaired) electrons. The second-order valence-electron chi connectivity index (χ2n) is 8.89. The van der Waals surface area contributed by atoms with Gasteiger partial charge >= 0.3 is 0 Å². The molecular formula is C25H27N3O3. The summed E-state index contributed by atoms with van der Waals surface area (Å²) in [6.45, 7) is 3.40. The number of furan rings is 1. The Hall–Kier alpha value is -3.12. The zero-order chi connectivity index (χ0) is 21.4. The van der Waals surface area contributed by atoms with E-state index in [1.54, 1.807) is 24.5 Å². The Balaban J connectivity index is 1.39. The van der Waals surface area contributed by atoms with Gasteiger partial charge in [0.2, 0.25) is 0 Å². The summed E-state index contributed by atoms with van der Waals surface area (Å²) < 4.78 is 5.82. The van der Waals surface area contributed by atoms with Crippen molar-refractivity contribution in [2.24, 2.45) is 0 Å². The molecule has 2 aliphatic rings. The van der Waals surface area contributed by atoms with E-state index in [1.807, 2.05) is 19.1 Å². The second-order valence-corrected chi connectivity index (χ2v) is 8.89. The topological polar surface area (TPSA) is 78.6 Å². The number of pyridine rings is 1. The van der Waals surface area contributed by atoms with Crippen molar-refractivity contribution in [2.75, 3.05) is 23.3 Å². The van der Waals surface area contributed by atoms with Crippen LogP contribution in [-0.4, -0.2) is 34.7 Å². The molecule has 2 aromatic heterocycles. The third kappa shape index (κ3) is 4.35. The number of rotatable bonds is 5. The van der Waals surface area contributed by atoms with Gasteiger partial charge in [-0.1, -0.05) is 6.07 Å². The second kappa shape index (κ2) is 7.85. The van der Waals surface area contributed by atoms with Crippen molar-refractivity contribution in [3.05, 3.63) is 66.2 Å². The van der Waals surface area contributed by atoms with Gasteiger partial charge in [0.25, 0.3) is 5.91 Å². The molecule has 6 heteroatoms. The Kier molecular flexibility index (Phi) is 5.02. The highest BCUT2D eigenvalue weighted by molar-refractivity contribution is 6.04. The minimum absolute atomic E-state index is 0.265. The third-order valence-corrected chi connectivity index (χ3v) is 6.29. The van der Waals surface area contributed by atoms with Crippen molar-refractivity contribution in [2.45, 2.75) is 44.1 Å². The molecule has 1 aliphatic carbocycles. The zero-order valence-corrected chi connectivity index (χ0v) is 17.7. The van der Waals surface area contributed by atoms with E-state index in [-0.39, 0.29) is 11.7 Å². The summed E-state index contributed by atoms with van der Waals surface area (Å²) in [5, 5.41) is 13.4. The summed E-state index contributed by atoms with van der Waals surface area (Å²) in [6, 6.07) is 13.6. The van der Waals surface area contributed by atoms with Crippen LogP contribution in [0.15, 0.2) is 59.3 Å². The highest BCUT2D eigenvalue weighted by Crippen LogP contribution is 2.43. The molecule has 0 unspecified atom stereocenters. The number of carbonyl (C=O) groups excluding carboxylic acids is 1. The fraction of sp³-hybridized carbons (Fsp3) is 0.360. The van der Waals surface area contributed by atoms with Gasteiger partial charge in [0.15, 0.2) is 5.76 Å². The van der Waals surface area contributed by atoms with Gasteiger partial charge in [0, 0.05) is 31.0 Å². The van der Waals surface area contributed by atoms with E-state index >= 15 is 0 Å². The number of anilines is 2. The molecule has 160 valence electrons.